The van der Waals surface area contributed by atoms with Crippen molar-refractivity contribution in [2.75, 3.05) is 26.7 Å². The van der Waals surface area contributed by atoms with Crippen LogP contribution in [0.5, 0.6) is 5.75 Å². The number of rotatable bonds is 6. The van der Waals surface area contributed by atoms with Crippen LogP contribution in [-0.4, -0.2) is 74.4 Å². The maximum atomic E-state index is 13.5. The van der Waals surface area contributed by atoms with Crippen molar-refractivity contribution in [1.82, 2.24) is 29.8 Å². The average Bonchev–Trinajstić information content (AvgIpc) is 3.71. The summed E-state index contributed by atoms with van der Waals surface area (Å²) in [7, 11) is 1.61. The zero-order valence-corrected chi connectivity index (χ0v) is 24.6. The first-order chi connectivity index (χ1) is 19.4. The van der Waals surface area contributed by atoms with Crippen molar-refractivity contribution in [3.8, 4) is 17.0 Å². The molecule has 0 spiro atoms. The van der Waals surface area contributed by atoms with Gasteiger partial charge in [0.2, 0.25) is 0 Å². The number of piperazine rings is 1. The lowest BCUT2D eigenvalue weighted by atomic mass is 10.0. The van der Waals surface area contributed by atoms with E-state index in [0.717, 1.165) is 29.4 Å². The number of hydrogen-bond donors (Lipinski definition) is 1. The van der Waals surface area contributed by atoms with E-state index in [4.69, 9.17) is 27.1 Å². The van der Waals surface area contributed by atoms with Gasteiger partial charge in [-0.15, -0.1) is 5.10 Å². The first-order valence-electron chi connectivity index (χ1n) is 13.4. The third kappa shape index (κ3) is 5.61. The van der Waals surface area contributed by atoms with Crippen LogP contribution in [0, 0.1) is 0 Å². The first-order valence-corrected chi connectivity index (χ1v) is 13.7. The van der Waals surface area contributed by atoms with Crippen LogP contribution in [0.4, 0.5) is 0 Å². The van der Waals surface area contributed by atoms with Gasteiger partial charge in [-0.05, 0) is 56.2 Å². The fourth-order valence-corrected chi connectivity index (χ4v) is 5.49. The summed E-state index contributed by atoms with van der Waals surface area (Å²) in [5, 5.41) is 9.49. The van der Waals surface area contributed by atoms with Crippen molar-refractivity contribution in [2.45, 2.75) is 38.4 Å². The molecule has 1 atom stereocenters. The number of fused-ring (bicyclic) bond motifs is 1. The second-order valence-corrected chi connectivity index (χ2v) is 10.8. The van der Waals surface area contributed by atoms with Gasteiger partial charge in [0.05, 0.1) is 35.6 Å². The highest BCUT2D eigenvalue weighted by Gasteiger charge is 2.33. The molecule has 4 aromatic rings. The van der Waals surface area contributed by atoms with E-state index < -0.39 is 0 Å². The van der Waals surface area contributed by atoms with Crippen molar-refractivity contribution in [3.63, 3.8) is 0 Å². The minimum atomic E-state index is -0.164. The molecular formula is C29H32ClN7O3S. The van der Waals surface area contributed by atoms with Crippen LogP contribution < -0.4 is 10.5 Å². The molecule has 2 N–H and O–H groups in total. The largest absolute Gasteiger partial charge is 0.496 e. The summed E-state index contributed by atoms with van der Waals surface area (Å²) in [5.74, 6) is 0.449. The van der Waals surface area contributed by atoms with Gasteiger partial charge in [-0.1, -0.05) is 22.9 Å². The molecule has 1 saturated carbocycles. The fraction of sp³-hybridized carbons (Fsp3) is 0.345. The quantitative estimate of drug-likeness (QED) is 0.358. The van der Waals surface area contributed by atoms with Gasteiger partial charge in [-0.25, -0.2) is 9.67 Å². The Bertz CT molecular complexity index is 1620. The Morgan fingerprint density at radius 2 is 1.90 bits per heavy atom. The number of nitrogens with zero attached hydrogens (tertiary/aromatic N) is 6. The molecule has 2 amide bonds. The topological polar surface area (TPSA) is 119 Å². The van der Waals surface area contributed by atoms with Crippen molar-refractivity contribution >= 4 is 47.8 Å². The molecule has 0 bridgehead atoms. The Morgan fingerprint density at radius 3 is 2.61 bits per heavy atom. The molecule has 12 heteroatoms. The number of aromatic nitrogens is 4. The normalized spacial score (nSPS) is 16.9. The van der Waals surface area contributed by atoms with Gasteiger partial charge >= 0.3 is 0 Å². The zero-order chi connectivity index (χ0) is 28.0. The van der Waals surface area contributed by atoms with E-state index in [1.165, 1.54) is 0 Å². The number of nitrogens with two attached hydrogens (primary N) is 1. The van der Waals surface area contributed by atoms with Crippen molar-refractivity contribution in [3.05, 3.63) is 70.5 Å². The molecule has 6 rings (SSSR count). The standard InChI is InChI=1S/C29H30ClN7O3.H2S/c1-17-15-35(9-10-36(17)29(39)26-16-37(34-33-26)21-5-6-21)28(38)19-3-7-22-23(30)13-24(32-25(22)12-19)18-4-8-27(40-2)20(11-18)14-31;/h3-4,7-8,11-13,16-17,21H,5-6,9-10,14-15,31H2,1-2H3;1H2/t17-;/m0./s1. The summed E-state index contributed by atoms with van der Waals surface area (Å²) in [6, 6.07) is 13.1. The van der Waals surface area contributed by atoms with Gasteiger partial charge in [-0.3, -0.25) is 9.59 Å². The SMILES string of the molecule is COc1ccc(-c2cc(Cl)c3ccc(C(=O)N4CCN(C(=O)c5cn(C6CC6)nn5)[C@@H](C)C4)cc3n2)cc1CN.S. The lowest BCUT2D eigenvalue weighted by molar-refractivity contribution is 0.0411. The second kappa shape index (κ2) is 11.7. The van der Waals surface area contributed by atoms with Crippen molar-refractivity contribution < 1.29 is 14.3 Å². The number of methoxy groups -OCH3 is 1. The third-order valence-electron chi connectivity index (χ3n) is 7.63. The molecule has 0 radical (unpaired) electrons. The Labute approximate surface area is 249 Å². The second-order valence-electron chi connectivity index (χ2n) is 10.4. The summed E-state index contributed by atoms with van der Waals surface area (Å²) in [4.78, 5) is 35.0. The van der Waals surface area contributed by atoms with E-state index in [9.17, 15) is 9.59 Å². The highest BCUT2D eigenvalue weighted by Crippen LogP contribution is 2.34. The van der Waals surface area contributed by atoms with Gasteiger partial charge in [0.15, 0.2) is 5.69 Å². The Balaban J connectivity index is 0.00000337. The zero-order valence-electron chi connectivity index (χ0n) is 22.9. The number of benzene rings is 2. The Hall–Kier alpha value is -3.67. The molecule has 1 saturated heterocycles. The van der Waals surface area contributed by atoms with Crippen LogP contribution in [0.1, 0.15) is 52.2 Å². The molecule has 2 fully saturated rings. The predicted octanol–water partition coefficient (Wildman–Crippen LogP) is 4.05. The number of amides is 2. The van der Waals surface area contributed by atoms with E-state index in [2.05, 4.69) is 10.3 Å². The molecule has 214 valence electrons. The van der Waals surface area contributed by atoms with Crippen LogP contribution in [0.2, 0.25) is 5.02 Å². The summed E-state index contributed by atoms with van der Waals surface area (Å²) in [6.45, 7) is 3.54. The van der Waals surface area contributed by atoms with Crippen molar-refractivity contribution in [1.29, 1.82) is 0 Å². The highest BCUT2D eigenvalue weighted by atomic mass is 35.5. The van der Waals surface area contributed by atoms with Crippen LogP contribution in [-0.2, 0) is 6.54 Å². The number of carbonyl (C=O) groups excluding carboxylic acids is 2. The third-order valence-corrected chi connectivity index (χ3v) is 7.94. The van der Waals surface area contributed by atoms with Gasteiger partial charge in [0, 0.05) is 54.3 Å². The average molecular weight is 594 g/mol. The molecule has 1 aliphatic heterocycles. The molecule has 2 aliphatic rings. The predicted molar refractivity (Wildman–Crippen MR) is 162 cm³/mol. The monoisotopic (exact) mass is 593 g/mol. The molecular weight excluding hydrogens is 562 g/mol. The summed E-state index contributed by atoms with van der Waals surface area (Å²) < 4.78 is 7.16. The van der Waals surface area contributed by atoms with E-state index in [0.29, 0.717) is 65.5 Å². The Kier molecular flexibility index (Phi) is 8.21. The van der Waals surface area contributed by atoms with E-state index in [-0.39, 0.29) is 31.4 Å². The molecule has 0 unspecified atom stereocenters. The Morgan fingerprint density at radius 1 is 1.10 bits per heavy atom. The molecule has 41 heavy (non-hydrogen) atoms. The molecule has 2 aromatic heterocycles. The molecule has 1 aliphatic carbocycles. The number of carbonyl (C=O) groups is 2. The molecule has 3 heterocycles. The minimum absolute atomic E-state index is 0. The van der Waals surface area contributed by atoms with E-state index in [1.54, 1.807) is 39.9 Å². The van der Waals surface area contributed by atoms with Gasteiger partial charge < -0.3 is 20.3 Å². The summed E-state index contributed by atoms with van der Waals surface area (Å²) in [6.07, 6.45) is 3.87. The van der Waals surface area contributed by atoms with Gasteiger partial charge in [0.25, 0.3) is 11.8 Å². The maximum absolute atomic E-state index is 13.5. The van der Waals surface area contributed by atoms with Gasteiger partial charge in [-0.2, -0.15) is 13.5 Å². The fourth-order valence-electron chi connectivity index (χ4n) is 5.23. The smallest absolute Gasteiger partial charge is 0.276 e. The number of pyridine rings is 1. The number of ether oxygens (including phenoxy) is 1. The van der Waals surface area contributed by atoms with Crippen LogP contribution in [0.3, 0.4) is 0 Å². The van der Waals surface area contributed by atoms with E-state index in [1.807, 2.05) is 37.3 Å². The number of halogens is 1. The lowest BCUT2D eigenvalue weighted by Crippen LogP contribution is -2.55. The van der Waals surface area contributed by atoms with Crippen LogP contribution in [0.25, 0.3) is 22.2 Å². The maximum Gasteiger partial charge on any atom is 0.276 e. The lowest BCUT2D eigenvalue weighted by Gasteiger charge is -2.39. The van der Waals surface area contributed by atoms with Crippen LogP contribution >= 0.6 is 25.1 Å². The minimum Gasteiger partial charge on any atom is -0.496 e. The van der Waals surface area contributed by atoms with E-state index >= 15 is 0 Å². The van der Waals surface area contributed by atoms with Crippen LogP contribution in [0.15, 0.2) is 48.7 Å². The molecule has 10 nitrogen and oxygen atoms in total. The van der Waals surface area contributed by atoms with Crippen molar-refractivity contribution in [2.24, 2.45) is 5.73 Å². The first kappa shape index (κ1) is 28.8. The molecule has 2 aromatic carbocycles. The summed E-state index contributed by atoms with van der Waals surface area (Å²) >= 11 is 6.63. The van der Waals surface area contributed by atoms with Gasteiger partial charge in [0.1, 0.15) is 5.75 Å². The highest BCUT2D eigenvalue weighted by molar-refractivity contribution is 7.59. The summed E-state index contributed by atoms with van der Waals surface area (Å²) in [5.41, 5.74) is 9.79. The number of hydrogen-bond acceptors (Lipinski definition) is 7.